The summed E-state index contributed by atoms with van der Waals surface area (Å²) in [5.74, 6) is 0.123. The third-order valence-electron chi connectivity index (χ3n) is 4.89. The zero-order valence-electron chi connectivity index (χ0n) is 14.7. The van der Waals surface area contributed by atoms with Crippen LogP contribution in [0.15, 0.2) is 54.6 Å². The maximum Gasteiger partial charge on any atom is 0.243 e. The lowest BCUT2D eigenvalue weighted by molar-refractivity contribution is -0.123. The van der Waals surface area contributed by atoms with E-state index in [-0.39, 0.29) is 11.9 Å². The normalized spacial score (nSPS) is 16.5. The Morgan fingerprint density at radius 2 is 1.60 bits per heavy atom. The lowest BCUT2D eigenvalue weighted by atomic mass is 10.1. The van der Waals surface area contributed by atoms with Crippen molar-refractivity contribution in [3.63, 3.8) is 0 Å². The van der Waals surface area contributed by atoms with Gasteiger partial charge in [0, 0.05) is 38.9 Å². The summed E-state index contributed by atoms with van der Waals surface area (Å²) in [5, 5.41) is 0.781. The Kier molecular flexibility index (Phi) is 5.61. The highest BCUT2D eigenvalue weighted by Crippen LogP contribution is 2.26. The van der Waals surface area contributed by atoms with Gasteiger partial charge < -0.3 is 9.80 Å². The van der Waals surface area contributed by atoms with Gasteiger partial charge in [0.2, 0.25) is 5.91 Å². The Morgan fingerprint density at radius 3 is 2.24 bits per heavy atom. The molecule has 2 aromatic carbocycles. The second kappa shape index (κ2) is 7.89. The maximum absolute atomic E-state index is 12.8. The number of amides is 1. The Hall–Kier alpha value is -2.04. The van der Waals surface area contributed by atoms with Gasteiger partial charge >= 0.3 is 0 Å². The maximum atomic E-state index is 12.8. The van der Waals surface area contributed by atoms with Crippen molar-refractivity contribution in [1.29, 1.82) is 0 Å². The van der Waals surface area contributed by atoms with E-state index in [0.29, 0.717) is 0 Å². The molecule has 1 fully saturated rings. The van der Waals surface area contributed by atoms with Crippen LogP contribution in [0.1, 0.15) is 6.92 Å². The van der Waals surface area contributed by atoms with Crippen LogP contribution in [0.5, 0.6) is 0 Å². The molecule has 0 unspecified atom stereocenters. The summed E-state index contributed by atoms with van der Waals surface area (Å²) in [6.07, 6.45) is 0. The fourth-order valence-corrected chi connectivity index (χ4v) is 3.53. The zero-order valence-corrected chi connectivity index (χ0v) is 15.5. The summed E-state index contributed by atoms with van der Waals surface area (Å²) in [6.45, 7) is 5.43. The molecule has 132 valence electrons. The molecule has 1 aliphatic rings. The first kappa shape index (κ1) is 17.8. The van der Waals surface area contributed by atoms with Crippen LogP contribution >= 0.6 is 11.6 Å². The van der Waals surface area contributed by atoms with E-state index in [1.807, 2.05) is 62.5 Å². The largest absolute Gasteiger partial charge is 0.368 e. The first-order valence-corrected chi connectivity index (χ1v) is 9.02. The molecule has 0 aromatic heterocycles. The summed E-state index contributed by atoms with van der Waals surface area (Å²) >= 11 is 6.30. The number of hydrogen-bond acceptors (Lipinski definition) is 3. The van der Waals surface area contributed by atoms with Gasteiger partial charge in [0.1, 0.15) is 0 Å². The Labute approximate surface area is 154 Å². The van der Waals surface area contributed by atoms with Crippen LogP contribution in [0, 0.1) is 0 Å². The lowest BCUT2D eigenvalue weighted by Crippen LogP contribution is -2.54. The van der Waals surface area contributed by atoms with Crippen molar-refractivity contribution in [2.24, 2.45) is 0 Å². The molecular formula is C20H24ClN3O. The molecule has 0 aliphatic carbocycles. The van der Waals surface area contributed by atoms with E-state index in [9.17, 15) is 4.79 Å². The molecule has 5 heteroatoms. The van der Waals surface area contributed by atoms with E-state index in [0.717, 1.165) is 42.6 Å². The minimum absolute atomic E-state index is 0.123. The summed E-state index contributed by atoms with van der Waals surface area (Å²) in [7, 11) is 1.84. The van der Waals surface area contributed by atoms with Gasteiger partial charge in [-0.15, -0.1) is 0 Å². The fraction of sp³-hybridized carbons (Fsp3) is 0.350. The molecule has 25 heavy (non-hydrogen) atoms. The van der Waals surface area contributed by atoms with Gasteiger partial charge in [0.05, 0.1) is 16.8 Å². The van der Waals surface area contributed by atoms with Crippen LogP contribution in [0.3, 0.4) is 0 Å². The molecule has 0 N–H and O–H groups in total. The molecule has 0 radical (unpaired) electrons. The van der Waals surface area contributed by atoms with Gasteiger partial charge in [0.25, 0.3) is 0 Å². The van der Waals surface area contributed by atoms with Crippen LogP contribution in [-0.2, 0) is 4.79 Å². The molecular weight excluding hydrogens is 334 g/mol. The summed E-state index contributed by atoms with van der Waals surface area (Å²) < 4.78 is 0. The van der Waals surface area contributed by atoms with Crippen LogP contribution in [0.25, 0.3) is 0 Å². The van der Waals surface area contributed by atoms with Crippen molar-refractivity contribution in [3.05, 3.63) is 59.6 Å². The highest BCUT2D eigenvalue weighted by Gasteiger charge is 2.28. The molecule has 1 heterocycles. The SMILES string of the molecule is C[C@H](C(=O)N(C)c1ccccc1)N1CCN(c2ccccc2Cl)CC1. The molecule has 1 amide bonds. The third-order valence-corrected chi connectivity index (χ3v) is 5.21. The molecule has 4 nitrogen and oxygen atoms in total. The van der Waals surface area contributed by atoms with Gasteiger partial charge in [-0.25, -0.2) is 0 Å². The number of piperazine rings is 1. The topological polar surface area (TPSA) is 26.8 Å². The number of hydrogen-bond donors (Lipinski definition) is 0. The van der Waals surface area contributed by atoms with Crippen molar-refractivity contribution < 1.29 is 4.79 Å². The highest BCUT2D eigenvalue weighted by atomic mass is 35.5. The highest BCUT2D eigenvalue weighted by molar-refractivity contribution is 6.33. The number of carbonyl (C=O) groups is 1. The van der Waals surface area contributed by atoms with E-state index in [1.165, 1.54) is 0 Å². The monoisotopic (exact) mass is 357 g/mol. The molecule has 3 rings (SSSR count). The van der Waals surface area contributed by atoms with Crippen LogP contribution in [0.4, 0.5) is 11.4 Å². The number of rotatable bonds is 4. The molecule has 0 spiro atoms. The Balaban J connectivity index is 1.61. The number of nitrogens with zero attached hydrogens (tertiary/aromatic N) is 3. The van der Waals surface area contributed by atoms with Crippen molar-refractivity contribution in [2.45, 2.75) is 13.0 Å². The van der Waals surface area contributed by atoms with Crippen LogP contribution < -0.4 is 9.80 Å². The zero-order chi connectivity index (χ0) is 17.8. The lowest BCUT2D eigenvalue weighted by Gasteiger charge is -2.39. The van der Waals surface area contributed by atoms with Crippen molar-refractivity contribution in [3.8, 4) is 0 Å². The molecule has 0 bridgehead atoms. The summed E-state index contributed by atoms with van der Waals surface area (Å²) in [6, 6.07) is 17.6. The predicted molar refractivity (Wildman–Crippen MR) is 105 cm³/mol. The summed E-state index contributed by atoms with van der Waals surface area (Å²) in [4.78, 5) is 19.1. The van der Waals surface area contributed by atoms with E-state index in [4.69, 9.17) is 11.6 Å². The smallest absolute Gasteiger partial charge is 0.243 e. The van der Waals surface area contributed by atoms with Gasteiger partial charge in [-0.1, -0.05) is 41.9 Å². The number of para-hydroxylation sites is 2. The van der Waals surface area contributed by atoms with Gasteiger partial charge in [-0.05, 0) is 31.2 Å². The minimum Gasteiger partial charge on any atom is -0.368 e. The Morgan fingerprint density at radius 1 is 1.00 bits per heavy atom. The van der Waals surface area contributed by atoms with Crippen LogP contribution in [-0.4, -0.2) is 50.1 Å². The average molecular weight is 358 g/mol. The number of anilines is 2. The van der Waals surface area contributed by atoms with E-state index >= 15 is 0 Å². The molecule has 0 saturated carbocycles. The molecule has 2 aromatic rings. The van der Waals surface area contributed by atoms with Gasteiger partial charge in [0.15, 0.2) is 0 Å². The quantitative estimate of drug-likeness (QED) is 0.837. The van der Waals surface area contributed by atoms with E-state index in [2.05, 4.69) is 15.9 Å². The first-order valence-electron chi connectivity index (χ1n) is 8.64. The van der Waals surface area contributed by atoms with Crippen LogP contribution in [0.2, 0.25) is 5.02 Å². The second-order valence-corrected chi connectivity index (χ2v) is 6.79. The Bertz CT molecular complexity index is 714. The van der Waals surface area contributed by atoms with Gasteiger partial charge in [-0.3, -0.25) is 9.69 Å². The molecule has 1 atom stereocenters. The fourth-order valence-electron chi connectivity index (χ4n) is 3.27. The third kappa shape index (κ3) is 3.97. The van der Waals surface area contributed by atoms with Gasteiger partial charge in [-0.2, -0.15) is 0 Å². The number of halogens is 1. The molecule has 1 saturated heterocycles. The van der Waals surface area contributed by atoms with Crippen molar-refractivity contribution in [1.82, 2.24) is 4.90 Å². The number of likely N-dealkylation sites (N-methyl/N-ethyl adjacent to an activating group) is 1. The predicted octanol–water partition coefficient (Wildman–Crippen LogP) is 3.51. The number of carbonyl (C=O) groups excluding carboxylic acids is 1. The van der Waals surface area contributed by atoms with E-state index < -0.39 is 0 Å². The first-order chi connectivity index (χ1) is 12.1. The average Bonchev–Trinajstić information content (AvgIpc) is 2.67. The number of benzene rings is 2. The van der Waals surface area contributed by atoms with Crippen molar-refractivity contribution >= 4 is 28.9 Å². The summed E-state index contributed by atoms with van der Waals surface area (Å²) in [5.41, 5.74) is 2.00. The molecule has 1 aliphatic heterocycles. The van der Waals surface area contributed by atoms with Crippen molar-refractivity contribution in [2.75, 3.05) is 43.0 Å². The second-order valence-electron chi connectivity index (χ2n) is 6.38. The van der Waals surface area contributed by atoms with E-state index in [1.54, 1.807) is 4.90 Å². The minimum atomic E-state index is -0.140. The standard InChI is InChI=1S/C20H24ClN3O/c1-16(20(25)22(2)17-8-4-3-5-9-17)23-12-14-24(15-13-23)19-11-7-6-10-18(19)21/h3-11,16H,12-15H2,1-2H3/t16-/m1/s1.